The first kappa shape index (κ1) is 9.28. The molecule has 0 radical (unpaired) electrons. The van der Waals surface area contributed by atoms with Crippen LogP contribution in [0.3, 0.4) is 0 Å². The fourth-order valence-electron chi connectivity index (χ4n) is 2.32. The summed E-state index contributed by atoms with van der Waals surface area (Å²) in [5.41, 5.74) is -1.13. The third-order valence-electron chi connectivity index (χ3n) is 3.54. The van der Waals surface area contributed by atoms with Crippen LogP contribution in [0.1, 0.15) is 37.6 Å². The molecule has 1 aromatic carbocycles. The molecule has 0 aliphatic carbocycles. The first-order valence-corrected chi connectivity index (χ1v) is 8.76. The highest BCUT2D eigenvalue weighted by atomic mass is 35.5. The van der Waals surface area contributed by atoms with Crippen molar-refractivity contribution in [2.45, 2.75) is 25.3 Å². The van der Waals surface area contributed by atoms with Gasteiger partial charge in [0.15, 0.2) is 1.41 Å². The molecule has 0 saturated carbocycles. The molecule has 1 fully saturated rings. The molecule has 3 aromatic rings. The van der Waals surface area contributed by atoms with Crippen LogP contribution in [0.15, 0.2) is 30.5 Å². The van der Waals surface area contributed by atoms with Crippen LogP contribution in [0.25, 0.3) is 10.2 Å². The topological polar surface area (TPSA) is 64.8 Å². The fourth-order valence-corrected chi connectivity index (χ4v) is 3.35. The summed E-state index contributed by atoms with van der Waals surface area (Å²) in [6.45, 7) is -4.56. The van der Waals surface area contributed by atoms with Gasteiger partial charge < -0.3 is 5.31 Å². The summed E-state index contributed by atoms with van der Waals surface area (Å²) >= 11 is 6.75. The van der Waals surface area contributed by atoms with Gasteiger partial charge in [0, 0.05) is 33.8 Å². The lowest BCUT2D eigenvalue weighted by atomic mass is 10.0. The Bertz CT molecular complexity index is 1480. The lowest BCUT2D eigenvalue weighted by Crippen LogP contribution is -2.38. The Labute approximate surface area is 180 Å². The van der Waals surface area contributed by atoms with Crippen molar-refractivity contribution in [3.63, 3.8) is 0 Å². The van der Waals surface area contributed by atoms with E-state index < -0.39 is 67.9 Å². The van der Waals surface area contributed by atoms with Crippen molar-refractivity contribution in [2.75, 3.05) is 18.4 Å². The highest BCUT2D eigenvalue weighted by molar-refractivity contribution is 7.23. The molecule has 27 heavy (non-hydrogen) atoms. The van der Waals surface area contributed by atoms with E-state index in [-0.39, 0.29) is 31.5 Å². The van der Waals surface area contributed by atoms with Crippen molar-refractivity contribution >= 4 is 39.0 Å². The summed E-state index contributed by atoms with van der Waals surface area (Å²) in [6.07, 6.45) is -6.62. The lowest BCUT2D eigenvalue weighted by molar-refractivity contribution is 0.211. The molecule has 1 aliphatic heterocycles. The van der Waals surface area contributed by atoms with Crippen LogP contribution in [-0.4, -0.2) is 34.0 Å². The van der Waals surface area contributed by atoms with E-state index in [1.165, 1.54) is 6.07 Å². The van der Waals surface area contributed by atoms with E-state index in [2.05, 4.69) is 9.97 Å². The first-order valence-electron chi connectivity index (χ1n) is 13.0. The summed E-state index contributed by atoms with van der Waals surface area (Å²) in [6, 6.07) is -0.921. The Morgan fingerprint density at radius 1 is 1.59 bits per heavy atom. The second kappa shape index (κ2) is 7.77. The number of halogens is 2. The fraction of sp³-hybridized carbons (Fsp3) is 0.316. The van der Waals surface area contributed by atoms with Gasteiger partial charge in [-0.1, -0.05) is 17.7 Å². The predicted octanol–water partition coefficient (Wildman–Crippen LogP) is 4.43. The van der Waals surface area contributed by atoms with Crippen LogP contribution in [0.2, 0.25) is 5.75 Å². The molecule has 0 bridgehead atoms. The van der Waals surface area contributed by atoms with Crippen molar-refractivity contribution in [3.8, 4) is 6.07 Å². The van der Waals surface area contributed by atoms with Gasteiger partial charge in [-0.2, -0.15) is 5.26 Å². The molecule has 5 nitrogen and oxygen atoms in total. The highest BCUT2D eigenvalue weighted by Crippen LogP contribution is 2.33. The van der Waals surface area contributed by atoms with E-state index in [0.29, 0.717) is 0 Å². The van der Waals surface area contributed by atoms with Gasteiger partial charge in [-0.15, -0.1) is 11.3 Å². The van der Waals surface area contributed by atoms with Crippen LogP contribution >= 0.6 is 22.9 Å². The Morgan fingerprint density at radius 3 is 3.19 bits per heavy atom. The van der Waals surface area contributed by atoms with Gasteiger partial charge in [-0.25, -0.2) is 14.4 Å². The molecular formula is C19H17ClFN5S. The maximum absolute atomic E-state index is 14.0. The SMILES string of the molecule is [2H]c1nc(N([2H])C2([2H])C([2H])([2H])CN(C([2H])([2H])c3cc([2H])c(F)c(C#N)c3)CC2([2H])[2H])c2sc(Cl)c([2H])c2n1. The summed E-state index contributed by atoms with van der Waals surface area (Å²) in [4.78, 5) is 8.31. The lowest BCUT2D eigenvalue weighted by Gasteiger charge is -2.32. The summed E-state index contributed by atoms with van der Waals surface area (Å²) < 4.78 is 107. The predicted molar refractivity (Wildman–Crippen MR) is 105 cm³/mol. The normalized spacial score (nSPS) is 27.1. The summed E-state index contributed by atoms with van der Waals surface area (Å²) in [5, 5.41) is 9.31. The molecule has 1 saturated heterocycles. The number of benzene rings is 1. The highest BCUT2D eigenvalue weighted by Gasteiger charge is 2.21. The zero-order chi connectivity index (χ0) is 28.6. The molecule has 3 heterocycles. The molecule has 0 unspecified atom stereocenters. The quantitative estimate of drug-likeness (QED) is 0.686. The number of thiophene rings is 1. The third kappa shape index (κ3) is 4.03. The number of aromatic nitrogens is 2. The summed E-state index contributed by atoms with van der Waals surface area (Å²) in [7, 11) is 0. The molecule has 8 heteroatoms. The van der Waals surface area contributed by atoms with Crippen molar-refractivity contribution in [3.05, 3.63) is 51.8 Å². The van der Waals surface area contributed by atoms with Gasteiger partial charge in [-0.05, 0) is 36.5 Å². The van der Waals surface area contributed by atoms with Crippen LogP contribution in [0, 0.1) is 17.1 Å². The monoisotopic (exact) mass is 412 g/mol. The van der Waals surface area contributed by atoms with Gasteiger partial charge in [-0.3, -0.25) is 4.90 Å². The van der Waals surface area contributed by atoms with Crippen LogP contribution in [0.5, 0.6) is 0 Å². The number of anilines is 1. The van der Waals surface area contributed by atoms with Crippen molar-refractivity contribution in [1.82, 2.24) is 14.9 Å². The van der Waals surface area contributed by atoms with Crippen LogP contribution in [0.4, 0.5) is 10.2 Å². The molecule has 0 spiro atoms. The number of likely N-dealkylation sites (tertiary alicyclic amines) is 1. The standard InChI is InChI=1S/C19H17ClFN5S/c20-17-8-16-18(27-17)19(24-11-23-16)25-14-3-5-26(6-4-14)10-12-1-2-15(21)13(7-12)9-22/h1-2,7-8,11,14H,3-6,10H2,(H,23,24,25)/i2D,3D2,4D2,8D,10D2,11D,14D/hD. The Balaban J connectivity index is 1.80. The minimum absolute atomic E-state index is 0.0275. The van der Waals surface area contributed by atoms with E-state index in [9.17, 15) is 4.39 Å². The molecule has 138 valence electrons. The van der Waals surface area contributed by atoms with Crippen LogP contribution in [-0.2, 0) is 6.50 Å². The smallest absolute Gasteiger partial charge is 0.162 e. The Morgan fingerprint density at radius 2 is 2.41 bits per heavy atom. The van der Waals surface area contributed by atoms with E-state index in [4.69, 9.17) is 32.0 Å². The Kier molecular flexibility index (Phi) is 2.67. The van der Waals surface area contributed by atoms with Crippen LogP contribution < -0.4 is 5.31 Å². The minimum atomic E-state index is -3.06. The number of hydrogen-bond acceptors (Lipinski definition) is 6. The van der Waals surface area contributed by atoms with Gasteiger partial charge >= 0.3 is 0 Å². The molecule has 4 rings (SSSR count). The van der Waals surface area contributed by atoms with E-state index in [1.807, 2.05) is 0 Å². The first-order chi connectivity index (χ1) is 17.4. The number of nitrogens with zero attached hydrogens (tertiary/aromatic N) is 4. The zero-order valence-electron chi connectivity index (χ0n) is 24.5. The van der Waals surface area contributed by atoms with E-state index >= 15 is 0 Å². The van der Waals surface area contributed by atoms with Gasteiger partial charge in [0.25, 0.3) is 0 Å². The second-order valence-corrected chi connectivity index (χ2v) is 6.96. The maximum Gasteiger partial charge on any atom is 0.162 e. The van der Waals surface area contributed by atoms with Gasteiger partial charge in [0.2, 0.25) is 0 Å². The molecule has 1 N–H and O–H groups in total. The number of nitrogens with one attached hydrogen (secondary N) is 1. The van der Waals surface area contributed by atoms with Gasteiger partial charge in [0.05, 0.1) is 24.2 Å². The molecular weight excluding hydrogens is 385 g/mol. The molecule has 0 amide bonds. The zero-order valence-corrected chi connectivity index (χ0v) is 15.0. The second-order valence-electron chi connectivity index (χ2n) is 5.34. The van der Waals surface area contributed by atoms with E-state index in [0.717, 1.165) is 28.4 Å². The average Bonchev–Trinajstić information content (AvgIpc) is 3.10. The number of rotatable bonds is 4. The van der Waals surface area contributed by atoms with Crippen molar-refractivity contribution in [1.29, 1.82) is 5.26 Å². The van der Waals surface area contributed by atoms with Crippen molar-refractivity contribution in [2.24, 2.45) is 0 Å². The number of fused-ring (bicyclic) bond motifs is 1. The Hall–Kier alpha value is -2.27. The largest absolute Gasteiger partial charge is 0.366 e. The van der Waals surface area contributed by atoms with Crippen molar-refractivity contribution < 1.29 is 19.5 Å². The summed E-state index contributed by atoms with van der Waals surface area (Å²) in [5.74, 6) is -1.68. The maximum atomic E-state index is 14.0. The third-order valence-corrected chi connectivity index (χ3v) is 4.72. The molecule has 0 atom stereocenters. The average molecular weight is 413 g/mol. The number of piperidine rings is 1. The molecule has 1 aliphatic rings. The number of hydrogen-bond donors (Lipinski definition) is 1. The van der Waals surface area contributed by atoms with E-state index in [1.54, 1.807) is 0 Å². The van der Waals surface area contributed by atoms with Gasteiger partial charge in [0.1, 0.15) is 25.4 Å². The molecule has 2 aromatic heterocycles. The number of nitriles is 1. The minimum Gasteiger partial charge on any atom is -0.366 e.